The van der Waals surface area contributed by atoms with Gasteiger partial charge in [-0.25, -0.2) is 9.45 Å². The van der Waals surface area contributed by atoms with Crippen molar-refractivity contribution in [3.05, 3.63) is 34.6 Å². The summed E-state index contributed by atoms with van der Waals surface area (Å²) in [5, 5.41) is 14.3. The van der Waals surface area contributed by atoms with Gasteiger partial charge in [0.25, 0.3) is 0 Å². The van der Waals surface area contributed by atoms with Crippen molar-refractivity contribution >= 4 is 17.4 Å². The van der Waals surface area contributed by atoms with Gasteiger partial charge in [-0.15, -0.1) is 0 Å². The quantitative estimate of drug-likeness (QED) is 0.397. The molecular formula is C15H20ClFN2O2. The largest absolute Gasteiger partial charge is 0.409 e. The third-order valence-corrected chi connectivity index (χ3v) is 3.76. The van der Waals surface area contributed by atoms with Crippen LogP contribution in [0.15, 0.2) is 23.4 Å². The molecule has 0 radical (unpaired) electrons. The fourth-order valence-electron chi connectivity index (χ4n) is 2.47. The zero-order valence-electron chi connectivity index (χ0n) is 12.7. The third-order valence-electron chi connectivity index (χ3n) is 3.45. The lowest BCUT2D eigenvalue weighted by atomic mass is 9.94. The van der Waals surface area contributed by atoms with Crippen LogP contribution in [-0.2, 0) is 10.3 Å². The third kappa shape index (κ3) is 3.30. The molecule has 1 fully saturated rings. The first-order valence-electron chi connectivity index (χ1n) is 6.80. The zero-order chi connectivity index (χ0) is 15.8. The number of amidine groups is 1. The molecule has 1 aliphatic carbocycles. The monoisotopic (exact) mass is 314 g/mol. The standard InChI is InChI=1S/C15H20ClFN2O2/c1-14(2,3)21-19(4)13(18-20)15(7-8-15)10-5-6-11(16)12(17)9-10/h5-6,9,20H,7-8H2,1-4H3/b18-13-. The first-order chi connectivity index (χ1) is 9.69. The summed E-state index contributed by atoms with van der Waals surface area (Å²) >= 11 is 5.72. The smallest absolute Gasteiger partial charge is 0.178 e. The summed E-state index contributed by atoms with van der Waals surface area (Å²) in [6.07, 6.45) is 1.54. The molecule has 1 aliphatic rings. The van der Waals surface area contributed by atoms with Gasteiger partial charge in [-0.2, -0.15) is 0 Å². The van der Waals surface area contributed by atoms with Crippen LogP contribution in [0.25, 0.3) is 0 Å². The SMILES string of the molecule is CN(OC(C)(C)C)/C(=N\O)C1(c2ccc(Cl)c(F)c2)CC1. The number of nitrogens with zero attached hydrogens (tertiary/aromatic N) is 2. The summed E-state index contributed by atoms with van der Waals surface area (Å²) in [6, 6.07) is 4.67. The van der Waals surface area contributed by atoms with Crippen molar-refractivity contribution in [2.75, 3.05) is 7.05 Å². The van der Waals surface area contributed by atoms with Gasteiger partial charge in [-0.1, -0.05) is 22.8 Å². The van der Waals surface area contributed by atoms with E-state index in [0.29, 0.717) is 5.84 Å². The lowest BCUT2D eigenvalue weighted by Gasteiger charge is -2.31. The van der Waals surface area contributed by atoms with Gasteiger partial charge in [-0.05, 0) is 51.3 Å². The van der Waals surface area contributed by atoms with Gasteiger partial charge < -0.3 is 5.21 Å². The highest BCUT2D eigenvalue weighted by atomic mass is 35.5. The topological polar surface area (TPSA) is 45.1 Å². The highest BCUT2D eigenvalue weighted by Gasteiger charge is 2.52. The Morgan fingerprint density at radius 1 is 1.43 bits per heavy atom. The summed E-state index contributed by atoms with van der Waals surface area (Å²) in [5.41, 5.74) is -0.201. The molecule has 4 nitrogen and oxygen atoms in total. The molecule has 0 aromatic heterocycles. The predicted octanol–water partition coefficient (Wildman–Crippen LogP) is 3.96. The summed E-state index contributed by atoms with van der Waals surface area (Å²) in [5.74, 6) is -0.101. The Morgan fingerprint density at radius 2 is 2.05 bits per heavy atom. The molecule has 1 saturated carbocycles. The van der Waals surface area contributed by atoms with Crippen molar-refractivity contribution in [3.8, 4) is 0 Å². The molecule has 0 spiro atoms. The molecule has 0 heterocycles. The highest BCUT2D eigenvalue weighted by molar-refractivity contribution is 6.30. The van der Waals surface area contributed by atoms with E-state index in [9.17, 15) is 9.60 Å². The maximum absolute atomic E-state index is 13.7. The van der Waals surface area contributed by atoms with Crippen LogP contribution in [0.2, 0.25) is 5.02 Å². The molecule has 21 heavy (non-hydrogen) atoms. The molecule has 0 saturated heterocycles. The number of likely N-dealkylation sites (N-methyl/N-ethyl adjacent to an activating group) is 1. The van der Waals surface area contributed by atoms with Crippen molar-refractivity contribution in [2.24, 2.45) is 5.16 Å². The van der Waals surface area contributed by atoms with E-state index in [1.165, 1.54) is 17.2 Å². The Hall–Kier alpha value is -1.33. The number of halogens is 2. The van der Waals surface area contributed by atoms with Crippen molar-refractivity contribution in [3.63, 3.8) is 0 Å². The van der Waals surface area contributed by atoms with Gasteiger partial charge in [0.1, 0.15) is 5.82 Å². The summed E-state index contributed by atoms with van der Waals surface area (Å²) in [4.78, 5) is 5.72. The van der Waals surface area contributed by atoms with E-state index in [1.807, 2.05) is 20.8 Å². The van der Waals surface area contributed by atoms with Gasteiger partial charge in [0.05, 0.1) is 16.0 Å². The lowest BCUT2D eigenvalue weighted by Crippen LogP contribution is -2.41. The molecule has 1 aromatic carbocycles. The number of rotatable bonds is 3. The molecule has 2 rings (SSSR count). The Kier molecular flexibility index (Phi) is 4.17. The molecular weight excluding hydrogens is 295 g/mol. The van der Waals surface area contributed by atoms with E-state index in [-0.39, 0.29) is 5.02 Å². The van der Waals surface area contributed by atoms with E-state index < -0.39 is 16.8 Å². The molecule has 1 N–H and O–H groups in total. The van der Waals surface area contributed by atoms with Crippen LogP contribution in [0.1, 0.15) is 39.2 Å². The highest BCUT2D eigenvalue weighted by Crippen LogP contribution is 2.50. The van der Waals surface area contributed by atoms with Crippen LogP contribution in [0.5, 0.6) is 0 Å². The Labute approximate surface area is 129 Å². The zero-order valence-corrected chi connectivity index (χ0v) is 13.4. The van der Waals surface area contributed by atoms with Crippen molar-refractivity contribution in [1.29, 1.82) is 0 Å². The number of hydrogen-bond donors (Lipinski definition) is 1. The normalized spacial score (nSPS) is 17.7. The lowest BCUT2D eigenvalue weighted by molar-refractivity contribution is -0.171. The Bertz CT molecular complexity index is 565. The molecule has 1 aromatic rings. The van der Waals surface area contributed by atoms with Crippen LogP contribution in [0.3, 0.4) is 0 Å². The second-order valence-corrected chi connectivity index (χ2v) is 6.74. The van der Waals surface area contributed by atoms with Crippen LogP contribution >= 0.6 is 11.6 Å². The summed E-state index contributed by atoms with van der Waals surface area (Å²) in [6.45, 7) is 5.71. The summed E-state index contributed by atoms with van der Waals surface area (Å²) in [7, 11) is 1.69. The average molecular weight is 315 g/mol. The summed E-state index contributed by atoms with van der Waals surface area (Å²) < 4.78 is 13.7. The van der Waals surface area contributed by atoms with Gasteiger partial charge in [0.2, 0.25) is 0 Å². The maximum atomic E-state index is 13.7. The minimum Gasteiger partial charge on any atom is -0.409 e. The van der Waals surface area contributed by atoms with Gasteiger partial charge in [-0.3, -0.25) is 4.84 Å². The van der Waals surface area contributed by atoms with Gasteiger partial charge in [0.15, 0.2) is 5.84 Å². The second kappa shape index (κ2) is 5.46. The fourth-order valence-corrected chi connectivity index (χ4v) is 2.59. The molecule has 0 bridgehead atoms. The molecule has 0 aliphatic heterocycles. The number of hydroxylamine groups is 2. The number of benzene rings is 1. The van der Waals surface area contributed by atoms with Gasteiger partial charge >= 0.3 is 0 Å². The fraction of sp³-hybridized carbons (Fsp3) is 0.533. The number of oxime groups is 1. The van der Waals surface area contributed by atoms with Crippen molar-refractivity contribution in [2.45, 2.75) is 44.6 Å². The molecule has 0 atom stereocenters. The second-order valence-electron chi connectivity index (χ2n) is 6.34. The first-order valence-corrected chi connectivity index (χ1v) is 7.18. The Balaban J connectivity index is 2.31. The van der Waals surface area contributed by atoms with E-state index in [4.69, 9.17) is 16.4 Å². The number of hydrogen-bond acceptors (Lipinski definition) is 3. The minimum absolute atomic E-state index is 0.0799. The first kappa shape index (κ1) is 16.0. The predicted molar refractivity (Wildman–Crippen MR) is 80.1 cm³/mol. The van der Waals surface area contributed by atoms with Crippen LogP contribution in [0.4, 0.5) is 4.39 Å². The molecule has 116 valence electrons. The van der Waals surface area contributed by atoms with E-state index >= 15 is 0 Å². The molecule has 0 unspecified atom stereocenters. The maximum Gasteiger partial charge on any atom is 0.178 e. The molecule has 6 heteroatoms. The Morgan fingerprint density at radius 3 is 2.48 bits per heavy atom. The minimum atomic E-state index is -0.514. The van der Waals surface area contributed by atoms with Crippen LogP contribution < -0.4 is 0 Å². The molecule has 0 amide bonds. The van der Waals surface area contributed by atoms with Gasteiger partial charge in [0, 0.05) is 7.05 Å². The van der Waals surface area contributed by atoms with E-state index in [1.54, 1.807) is 13.1 Å². The van der Waals surface area contributed by atoms with E-state index in [2.05, 4.69) is 5.16 Å². The average Bonchev–Trinajstić information content (AvgIpc) is 3.12. The van der Waals surface area contributed by atoms with Crippen molar-refractivity contribution < 1.29 is 14.4 Å². The van der Waals surface area contributed by atoms with E-state index in [0.717, 1.165) is 18.4 Å². The van der Waals surface area contributed by atoms with Crippen molar-refractivity contribution in [1.82, 2.24) is 5.06 Å². The van der Waals surface area contributed by atoms with Crippen LogP contribution in [0, 0.1) is 5.82 Å². The van der Waals surface area contributed by atoms with Crippen LogP contribution in [-0.4, -0.2) is 28.8 Å².